The number of hydrogen-bond donors (Lipinski definition) is 1. The van der Waals surface area contributed by atoms with E-state index in [9.17, 15) is 13.2 Å². The standard InChI is InChI=1S/C14H11BrF3N/c1-19-14(8-4-2-3-5-10(8)16)9-6-7-11(17)13(18)12(9)15/h2-7,14,19H,1H3. The van der Waals surface area contributed by atoms with Crippen LogP contribution in [0.1, 0.15) is 17.2 Å². The molecule has 0 aliphatic carbocycles. The molecular formula is C14H11BrF3N. The van der Waals surface area contributed by atoms with E-state index >= 15 is 0 Å². The van der Waals surface area contributed by atoms with E-state index in [0.29, 0.717) is 11.1 Å². The molecule has 100 valence electrons. The van der Waals surface area contributed by atoms with Crippen molar-refractivity contribution >= 4 is 15.9 Å². The highest BCUT2D eigenvalue weighted by molar-refractivity contribution is 9.10. The van der Waals surface area contributed by atoms with Crippen LogP contribution in [0.15, 0.2) is 40.9 Å². The van der Waals surface area contributed by atoms with Crippen molar-refractivity contribution in [3.8, 4) is 0 Å². The third-order valence-electron chi connectivity index (χ3n) is 2.88. The van der Waals surface area contributed by atoms with Crippen molar-refractivity contribution in [3.05, 3.63) is 69.4 Å². The Bertz CT molecular complexity index is 601. The summed E-state index contributed by atoms with van der Waals surface area (Å²) in [5.74, 6) is -2.33. The number of halogens is 4. The van der Waals surface area contributed by atoms with Gasteiger partial charge in [0.2, 0.25) is 0 Å². The Labute approximate surface area is 117 Å². The monoisotopic (exact) mass is 329 g/mol. The predicted octanol–water partition coefficient (Wildman–Crippen LogP) is 4.18. The summed E-state index contributed by atoms with van der Waals surface area (Å²) in [4.78, 5) is 0. The Balaban J connectivity index is 2.55. The largest absolute Gasteiger partial charge is 0.309 e. The van der Waals surface area contributed by atoms with E-state index in [4.69, 9.17) is 0 Å². The maximum atomic E-state index is 13.8. The topological polar surface area (TPSA) is 12.0 Å². The molecule has 2 aromatic rings. The van der Waals surface area contributed by atoms with Gasteiger partial charge in [0.1, 0.15) is 5.82 Å². The van der Waals surface area contributed by atoms with Crippen molar-refractivity contribution in [3.63, 3.8) is 0 Å². The summed E-state index contributed by atoms with van der Waals surface area (Å²) < 4.78 is 40.5. The van der Waals surface area contributed by atoms with Crippen molar-refractivity contribution in [2.45, 2.75) is 6.04 Å². The van der Waals surface area contributed by atoms with Gasteiger partial charge in [0.05, 0.1) is 10.5 Å². The van der Waals surface area contributed by atoms with Crippen molar-refractivity contribution in [2.75, 3.05) is 7.05 Å². The lowest BCUT2D eigenvalue weighted by Gasteiger charge is -2.19. The first kappa shape index (κ1) is 14.1. The zero-order valence-corrected chi connectivity index (χ0v) is 11.6. The van der Waals surface area contributed by atoms with Gasteiger partial charge in [-0.15, -0.1) is 0 Å². The molecule has 0 bridgehead atoms. The number of benzene rings is 2. The lowest BCUT2D eigenvalue weighted by Crippen LogP contribution is -2.20. The Kier molecular flexibility index (Phi) is 4.27. The first-order chi connectivity index (χ1) is 9.06. The summed E-state index contributed by atoms with van der Waals surface area (Å²) in [6, 6.07) is 8.09. The third-order valence-corrected chi connectivity index (χ3v) is 3.69. The molecule has 2 rings (SSSR count). The molecule has 1 unspecified atom stereocenters. The van der Waals surface area contributed by atoms with Gasteiger partial charge >= 0.3 is 0 Å². The Morgan fingerprint density at radius 3 is 2.26 bits per heavy atom. The highest BCUT2D eigenvalue weighted by Crippen LogP contribution is 2.32. The van der Waals surface area contributed by atoms with Crippen molar-refractivity contribution in [1.29, 1.82) is 0 Å². The van der Waals surface area contributed by atoms with Crippen molar-refractivity contribution < 1.29 is 13.2 Å². The fourth-order valence-corrected chi connectivity index (χ4v) is 2.50. The molecule has 0 heterocycles. The summed E-state index contributed by atoms with van der Waals surface area (Å²) in [6.45, 7) is 0. The summed E-state index contributed by atoms with van der Waals surface area (Å²) in [7, 11) is 1.63. The quantitative estimate of drug-likeness (QED) is 0.833. The normalized spacial score (nSPS) is 12.5. The minimum atomic E-state index is -0.978. The number of nitrogens with one attached hydrogen (secondary N) is 1. The van der Waals surface area contributed by atoms with Gasteiger partial charge in [0.25, 0.3) is 0 Å². The van der Waals surface area contributed by atoms with Crippen LogP contribution in [-0.4, -0.2) is 7.05 Å². The van der Waals surface area contributed by atoms with Gasteiger partial charge in [-0.2, -0.15) is 0 Å². The van der Waals surface area contributed by atoms with E-state index in [0.717, 1.165) is 6.07 Å². The third kappa shape index (κ3) is 2.67. The van der Waals surface area contributed by atoms with Gasteiger partial charge in [-0.3, -0.25) is 0 Å². The molecule has 0 aliphatic heterocycles. The molecule has 0 radical (unpaired) electrons. The van der Waals surface area contributed by atoms with Crippen LogP contribution in [0.2, 0.25) is 0 Å². The second kappa shape index (κ2) is 5.75. The molecule has 0 aliphatic rings. The van der Waals surface area contributed by atoms with Crippen LogP contribution in [0, 0.1) is 17.5 Å². The van der Waals surface area contributed by atoms with Crippen LogP contribution in [-0.2, 0) is 0 Å². The molecule has 19 heavy (non-hydrogen) atoms. The predicted molar refractivity (Wildman–Crippen MR) is 71.4 cm³/mol. The minimum absolute atomic E-state index is 0.00453. The molecule has 1 nitrogen and oxygen atoms in total. The summed E-state index contributed by atoms with van der Waals surface area (Å²) in [6.07, 6.45) is 0. The fourth-order valence-electron chi connectivity index (χ4n) is 1.95. The van der Waals surface area contributed by atoms with Gasteiger partial charge in [-0.1, -0.05) is 24.3 Å². The van der Waals surface area contributed by atoms with Gasteiger partial charge in [0, 0.05) is 5.56 Å². The Hall–Kier alpha value is -1.33. The molecule has 1 atom stereocenters. The number of rotatable bonds is 3. The number of hydrogen-bond acceptors (Lipinski definition) is 1. The summed E-state index contributed by atoms with van der Waals surface area (Å²) >= 11 is 3.02. The summed E-state index contributed by atoms with van der Waals surface area (Å²) in [5, 5.41) is 2.90. The fraction of sp³-hybridized carbons (Fsp3) is 0.143. The molecule has 1 N–H and O–H groups in total. The van der Waals surface area contributed by atoms with E-state index in [1.54, 1.807) is 25.2 Å². The van der Waals surface area contributed by atoms with Gasteiger partial charge < -0.3 is 5.32 Å². The zero-order valence-electron chi connectivity index (χ0n) is 10.1. The minimum Gasteiger partial charge on any atom is -0.309 e. The van der Waals surface area contributed by atoms with E-state index in [2.05, 4.69) is 21.2 Å². The van der Waals surface area contributed by atoms with Gasteiger partial charge in [-0.05, 0) is 40.7 Å². The lowest BCUT2D eigenvalue weighted by molar-refractivity contribution is 0.498. The van der Waals surface area contributed by atoms with Crippen LogP contribution in [0.5, 0.6) is 0 Å². The second-order valence-electron chi connectivity index (χ2n) is 4.01. The van der Waals surface area contributed by atoms with Crippen LogP contribution in [0.3, 0.4) is 0 Å². The van der Waals surface area contributed by atoms with Gasteiger partial charge in [-0.25, -0.2) is 13.2 Å². The smallest absolute Gasteiger partial charge is 0.173 e. The maximum Gasteiger partial charge on any atom is 0.173 e. The first-order valence-electron chi connectivity index (χ1n) is 5.61. The molecule has 0 aromatic heterocycles. The SMILES string of the molecule is CNC(c1ccccc1F)c1ccc(F)c(F)c1Br. The molecule has 0 saturated carbocycles. The van der Waals surface area contributed by atoms with Crippen LogP contribution < -0.4 is 5.32 Å². The molecule has 0 amide bonds. The Morgan fingerprint density at radius 1 is 0.947 bits per heavy atom. The Morgan fingerprint density at radius 2 is 1.63 bits per heavy atom. The first-order valence-corrected chi connectivity index (χ1v) is 6.40. The second-order valence-corrected chi connectivity index (χ2v) is 4.80. The molecule has 5 heteroatoms. The molecular weight excluding hydrogens is 319 g/mol. The van der Waals surface area contributed by atoms with Crippen molar-refractivity contribution in [1.82, 2.24) is 5.32 Å². The van der Waals surface area contributed by atoms with Crippen molar-refractivity contribution in [2.24, 2.45) is 0 Å². The van der Waals surface area contributed by atoms with E-state index in [1.165, 1.54) is 12.1 Å². The maximum absolute atomic E-state index is 13.8. The van der Waals surface area contributed by atoms with E-state index < -0.39 is 23.5 Å². The highest BCUT2D eigenvalue weighted by atomic mass is 79.9. The van der Waals surface area contributed by atoms with Crippen LogP contribution in [0.25, 0.3) is 0 Å². The average molecular weight is 330 g/mol. The van der Waals surface area contributed by atoms with Crippen LogP contribution in [0.4, 0.5) is 13.2 Å². The summed E-state index contributed by atoms with van der Waals surface area (Å²) in [5.41, 5.74) is 0.809. The van der Waals surface area contributed by atoms with E-state index in [1.807, 2.05) is 0 Å². The molecule has 2 aromatic carbocycles. The highest BCUT2D eigenvalue weighted by Gasteiger charge is 2.21. The molecule has 0 spiro atoms. The average Bonchev–Trinajstić information content (AvgIpc) is 2.41. The van der Waals surface area contributed by atoms with Crippen LogP contribution >= 0.6 is 15.9 Å². The molecule has 0 fully saturated rings. The van der Waals surface area contributed by atoms with E-state index in [-0.39, 0.29) is 4.47 Å². The zero-order chi connectivity index (χ0) is 14.0. The lowest BCUT2D eigenvalue weighted by atomic mass is 9.98. The molecule has 0 saturated heterocycles. The van der Waals surface area contributed by atoms with Gasteiger partial charge in [0.15, 0.2) is 11.6 Å².